The number of likely N-dealkylation sites (N-methyl/N-ethyl adjacent to an activating group) is 1. The van der Waals surface area contributed by atoms with Crippen LogP contribution in [0.2, 0.25) is 0 Å². The third-order valence-corrected chi connectivity index (χ3v) is 10.8. The maximum absolute atomic E-state index is 14.5. The average Bonchev–Trinajstić information content (AvgIpc) is 3.66. The van der Waals surface area contributed by atoms with E-state index in [1.54, 1.807) is 51.4 Å². The molecule has 4 bridgehead atoms. The summed E-state index contributed by atoms with van der Waals surface area (Å²) in [4.78, 5) is 97.2. The Hall–Kier alpha value is -5.31. The van der Waals surface area contributed by atoms with Crippen molar-refractivity contribution in [3.8, 4) is 5.75 Å². The molecule has 2 aliphatic heterocycles. The van der Waals surface area contributed by atoms with Crippen LogP contribution in [0.1, 0.15) is 81.9 Å². The molecule has 15 nitrogen and oxygen atoms in total. The van der Waals surface area contributed by atoms with E-state index in [1.165, 1.54) is 9.80 Å². The van der Waals surface area contributed by atoms with Crippen molar-refractivity contribution in [2.75, 3.05) is 40.4 Å². The number of benzene rings is 2. The Morgan fingerprint density at radius 3 is 2.40 bits per heavy atom. The number of Topliss-reactive ketones (excluding diaryl/α,β-unsaturated/α-hetero) is 1. The zero-order valence-corrected chi connectivity index (χ0v) is 33.1. The summed E-state index contributed by atoms with van der Waals surface area (Å²) in [6.07, 6.45) is 5.22. The zero-order chi connectivity index (χ0) is 40.9. The van der Waals surface area contributed by atoms with Crippen LogP contribution in [0.4, 0.5) is 0 Å². The normalized spacial score (nSPS) is 21.6. The maximum atomic E-state index is 14.5. The first-order valence-electron chi connectivity index (χ1n) is 20.1. The molecule has 2 heterocycles. The van der Waals surface area contributed by atoms with E-state index >= 15 is 0 Å². The molecule has 5 atom stereocenters. The summed E-state index contributed by atoms with van der Waals surface area (Å²) in [5, 5.41) is 10.7. The minimum absolute atomic E-state index is 0.0911. The fourth-order valence-corrected chi connectivity index (χ4v) is 7.74. The van der Waals surface area contributed by atoms with E-state index < -0.39 is 60.3 Å². The number of aryl methyl sites for hydroxylation is 1. The number of amides is 6. The Bertz CT molecular complexity index is 1750. The minimum atomic E-state index is -1.24. The third-order valence-electron chi connectivity index (χ3n) is 10.8. The molecule has 1 saturated heterocycles. The van der Waals surface area contributed by atoms with Crippen LogP contribution in [0.3, 0.4) is 0 Å². The molecule has 1 unspecified atom stereocenters. The molecular weight excluding hydrogens is 732 g/mol. The van der Waals surface area contributed by atoms with Gasteiger partial charge in [0.1, 0.15) is 30.5 Å². The van der Waals surface area contributed by atoms with Gasteiger partial charge in [-0.1, -0.05) is 75.1 Å². The van der Waals surface area contributed by atoms with Crippen molar-refractivity contribution in [3.63, 3.8) is 0 Å². The van der Waals surface area contributed by atoms with Gasteiger partial charge in [-0.15, -0.1) is 0 Å². The second kappa shape index (κ2) is 20.7. The minimum Gasteiger partial charge on any atom is -0.491 e. The Morgan fingerprint density at radius 1 is 0.930 bits per heavy atom. The van der Waals surface area contributed by atoms with Gasteiger partial charge in [0.2, 0.25) is 35.3 Å². The van der Waals surface area contributed by atoms with Crippen LogP contribution >= 0.6 is 0 Å². The first-order valence-corrected chi connectivity index (χ1v) is 20.1. The molecule has 2 fully saturated rings. The van der Waals surface area contributed by atoms with Gasteiger partial charge < -0.3 is 40.5 Å². The highest BCUT2D eigenvalue weighted by Crippen LogP contribution is 2.30. The van der Waals surface area contributed by atoms with Crippen LogP contribution in [-0.2, 0) is 44.7 Å². The van der Waals surface area contributed by atoms with Crippen LogP contribution in [0.5, 0.6) is 5.75 Å². The number of fused-ring (bicyclic) bond motifs is 4. The van der Waals surface area contributed by atoms with Gasteiger partial charge in [0.15, 0.2) is 0 Å². The standard InChI is InChI=1S/C42H56N6O9/c1-4-12-32(38(51)40(53)43-25-35(50)46-36(41(54)47(2)3)28-14-7-5-8-15-28)44-39(52)33-24-31-26-48(33)42(55)37(29-16-9-6-10-17-29)45-34(49)20-19-27-13-11-18-30(23-27)56-21-22-57-31/h5,7-8,11,13-15,18,23,29,31-33,36-37H,4,6,9-10,12,16-17,19-22,24-26H2,1-3H3,(H,43,53)(H,44,52)(H,45,49)(H,46,50)/t31-,32?,33+,36+,37+/m1/s1. The Labute approximate surface area is 333 Å². The molecule has 0 spiro atoms. The van der Waals surface area contributed by atoms with Crippen molar-refractivity contribution in [3.05, 3.63) is 65.7 Å². The van der Waals surface area contributed by atoms with Gasteiger partial charge in [-0.05, 0) is 54.9 Å². The second-order valence-electron chi connectivity index (χ2n) is 15.2. The van der Waals surface area contributed by atoms with E-state index in [1.807, 2.05) is 24.3 Å². The molecule has 1 saturated carbocycles. The lowest BCUT2D eigenvalue weighted by Crippen LogP contribution is -2.58. The second-order valence-corrected chi connectivity index (χ2v) is 15.2. The summed E-state index contributed by atoms with van der Waals surface area (Å²) in [6, 6.07) is 12.0. The quantitative estimate of drug-likeness (QED) is 0.233. The lowest BCUT2D eigenvalue weighted by atomic mass is 9.83. The van der Waals surface area contributed by atoms with E-state index in [0.29, 0.717) is 24.2 Å². The highest BCUT2D eigenvalue weighted by atomic mass is 16.5. The Kier molecular flexibility index (Phi) is 15.6. The molecular formula is C42H56N6O9. The molecule has 15 heteroatoms. The summed E-state index contributed by atoms with van der Waals surface area (Å²) in [7, 11) is 3.12. The summed E-state index contributed by atoms with van der Waals surface area (Å²) in [5.74, 6) is -3.83. The monoisotopic (exact) mass is 788 g/mol. The first kappa shape index (κ1) is 42.8. The van der Waals surface area contributed by atoms with Crippen LogP contribution < -0.4 is 26.0 Å². The summed E-state index contributed by atoms with van der Waals surface area (Å²) >= 11 is 0. The van der Waals surface area contributed by atoms with Gasteiger partial charge in [-0.2, -0.15) is 0 Å². The highest BCUT2D eigenvalue weighted by Gasteiger charge is 2.45. The predicted octanol–water partition coefficient (Wildman–Crippen LogP) is 1.98. The topological polar surface area (TPSA) is 193 Å². The molecule has 6 amide bonds. The van der Waals surface area contributed by atoms with Crippen LogP contribution in [-0.4, -0.2) is 116 Å². The van der Waals surface area contributed by atoms with Crippen molar-refractivity contribution >= 4 is 41.2 Å². The number of hydrogen-bond acceptors (Lipinski definition) is 9. The number of nitrogens with one attached hydrogen (secondary N) is 4. The molecule has 5 rings (SSSR count). The summed E-state index contributed by atoms with van der Waals surface area (Å²) < 4.78 is 12.0. The molecule has 57 heavy (non-hydrogen) atoms. The van der Waals surface area contributed by atoms with Crippen molar-refractivity contribution < 1.29 is 43.0 Å². The molecule has 308 valence electrons. The fourth-order valence-electron chi connectivity index (χ4n) is 7.74. The van der Waals surface area contributed by atoms with E-state index in [4.69, 9.17) is 9.47 Å². The average molecular weight is 789 g/mol. The van der Waals surface area contributed by atoms with Crippen molar-refractivity contribution in [1.29, 1.82) is 0 Å². The molecule has 3 aliphatic rings. The van der Waals surface area contributed by atoms with Gasteiger partial charge in [-0.25, -0.2) is 0 Å². The van der Waals surface area contributed by atoms with Gasteiger partial charge >= 0.3 is 0 Å². The fraction of sp³-hybridized carbons (Fsp3) is 0.548. The maximum Gasteiger partial charge on any atom is 0.290 e. The first-order chi connectivity index (χ1) is 27.4. The number of carbonyl (C=O) groups is 7. The van der Waals surface area contributed by atoms with Crippen molar-refractivity contribution in [2.24, 2.45) is 5.92 Å². The van der Waals surface area contributed by atoms with E-state index in [9.17, 15) is 33.6 Å². The van der Waals surface area contributed by atoms with Crippen molar-refractivity contribution in [1.82, 2.24) is 31.1 Å². The Balaban J connectivity index is 1.28. The largest absolute Gasteiger partial charge is 0.491 e. The number of ketones is 1. The van der Waals surface area contributed by atoms with Gasteiger partial charge in [0.25, 0.3) is 5.91 Å². The summed E-state index contributed by atoms with van der Waals surface area (Å²) in [6.45, 7) is 1.73. The highest BCUT2D eigenvalue weighted by molar-refractivity contribution is 6.38. The lowest BCUT2D eigenvalue weighted by Gasteiger charge is -2.35. The number of rotatable bonds is 12. The zero-order valence-electron chi connectivity index (χ0n) is 33.1. The summed E-state index contributed by atoms with van der Waals surface area (Å²) in [5.41, 5.74) is 1.48. The van der Waals surface area contributed by atoms with Crippen LogP contribution in [0.25, 0.3) is 0 Å². The molecule has 0 radical (unpaired) electrons. The molecule has 2 aromatic carbocycles. The van der Waals surface area contributed by atoms with Gasteiger partial charge in [0, 0.05) is 33.5 Å². The SMILES string of the molecule is CCCC(NC(=O)[C@@H]1C[C@@H]2CN1C(=O)[C@H](C1CCCCC1)NC(=O)CCc1cccc(c1)OCCO2)C(=O)C(=O)NCC(=O)N[C@H](C(=O)N(C)C)c1ccccc1. The van der Waals surface area contributed by atoms with Gasteiger partial charge in [0.05, 0.1) is 25.3 Å². The lowest BCUT2D eigenvalue weighted by molar-refractivity contribution is -0.144. The molecule has 4 N–H and O–H groups in total. The van der Waals surface area contributed by atoms with E-state index in [-0.39, 0.29) is 62.7 Å². The molecule has 1 aliphatic carbocycles. The number of carbonyl (C=O) groups excluding carboxylic acids is 7. The van der Waals surface area contributed by atoms with Crippen LogP contribution in [0.15, 0.2) is 54.6 Å². The predicted molar refractivity (Wildman–Crippen MR) is 209 cm³/mol. The number of nitrogens with zero attached hydrogens (tertiary/aromatic N) is 2. The number of ether oxygens (including phenoxy) is 2. The van der Waals surface area contributed by atoms with E-state index in [2.05, 4.69) is 21.3 Å². The van der Waals surface area contributed by atoms with E-state index in [0.717, 1.165) is 37.7 Å². The smallest absolute Gasteiger partial charge is 0.290 e. The Morgan fingerprint density at radius 2 is 1.68 bits per heavy atom. The third kappa shape index (κ3) is 11.9. The number of hydrogen-bond donors (Lipinski definition) is 4. The van der Waals surface area contributed by atoms with Gasteiger partial charge in [-0.3, -0.25) is 33.6 Å². The molecule has 2 aromatic rings. The van der Waals surface area contributed by atoms with Crippen molar-refractivity contribution in [2.45, 2.75) is 101 Å². The molecule has 0 aromatic heterocycles. The van der Waals surface area contributed by atoms with Crippen LogP contribution in [0, 0.1) is 5.92 Å².